The Bertz CT molecular complexity index is 4540. The van der Waals surface area contributed by atoms with Gasteiger partial charge in [0.25, 0.3) is 0 Å². The predicted octanol–water partition coefficient (Wildman–Crippen LogP) is 10.4. The van der Waals surface area contributed by atoms with Gasteiger partial charge in [-0.3, -0.25) is 17.9 Å². The van der Waals surface area contributed by atoms with Crippen molar-refractivity contribution >= 4 is 113 Å². The molecule has 0 aliphatic heterocycles. The summed E-state index contributed by atoms with van der Waals surface area (Å²) >= 11 is 0. The van der Waals surface area contributed by atoms with Crippen molar-refractivity contribution in [1.82, 2.24) is 37.9 Å². The van der Waals surface area contributed by atoms with E-state index in [4.69, 9.17) is 19.9 Å². The summed E-state index contributed by atoms with van der Waals surface area (Å²) in [5.74, 6) is 3.46. The zero-order valence-corrected chi connectivity index (χ0v) is 46.4. The fraction of sp³-hybridized carbons (Fsp3) is 0. The molecule has 0 aliphatic carbocycles. The second-order valence-electron chi connectivity index (χ2n) is 21.0. The number of rotatable bonds is 11. The second-order valence-corrected chi connectivity index (χ2v) is 28.6. The van der Waals surface area contributed by atoms with Gasteiger partial charge in [0, 0.05) is 11.6 Å². The van der Waals surface area contributed by atoms with Crippen LogP contribution in [0.2, 0.25) is 0 Å². The third-order valence-electron chi connectivity index (χ3n) is 16.7. The van der Waals surface area contributed by atoms with E-state index in [-0.39, 0.29) is 0 Å². The largest absolute Gasteiger partial charge is 0.276 e. The van der Waals surface area contributed by atoms with Crippen molar-refractivity contribution in [2.24, 2.45) is 0 Å². The van der Waals surface area contributed by atoms with Crippen LogP contribution in [0.25, 0.3) is 78.7 Å². The highest BCUT2D eigenvalue weighted by Crippen LogP contribution is 2.34. The Labute approximate surface area is 474 Å². The molecule has 11 aromatic carbocycles. The number of imidazole rings is 4. The molecule has 0 saturated heterocycles. The molecule has 386 valence electrons. The van der Waals surface area contributed by atoms with E-state index in [2.05, 4.69) is 303 Å². The molecule has 5 heterocycles. The number of hydrogen-bond donors (Lipinski definition) is 0. The molecule has 0 N–H and O–H groups in total. The molecule has 16 aromatic rings. The third kappa shape index (κ3) is 7.15. The molecule has 0 spiro atoms. The van der Waals surface area contributed by atoms with Crippen LogP contribution in [0.1, 0.15) is 0 Å². The molecule has 0 saturated carbocycles. The van der Waals surface area contributed by atoms with E-state index in [1.54, 1.807) is 0 Å². The normalized spacial score (nSPS) is 12.1. The maximum Gasteiger partial charge on any atom is 0.221 e. The minimum Gasteiger partial charge on any atom is -0.276 e. The maximum atomic E-state index is 5.56. The van der Waals surface area contributed by atoms with Gasteiger partial charge in [-0.25, -0.2) is 19.9 Å². The number of fused-ring (bicyclic) bond motifs is 10. The second kappa shape index (κ2) is 19.1. The fourth-order valence-electron chi connectivity index (χ4n) is 13.2. The monoisotopic (exact) mass is 1080 g/mol. The highest BCUT2D eigenvalue weighted by Gasteiger charge is 2.43. The summed E-state index contributed by atoms with van der Waals surface area (Å²) in [6.07, 6.45) is 0. The lowest BCUT2D eigenvalue weighted by Gasteiger charge is -2.34. The Morgan fingerprint density at radius 1 is 0.232 bits per heavy atom. The van der Waals surface area contributed by atoms with Crippen LogP contribution in [-0.2, 0) is 0 Å². The standard InChI is InChI=1S/C72H50N8Si2/c1-8-26-51(27-9-1)70-75-68(79-64-46-44-58(48-66(64)77-62-42-24-22-40-60(62)73-71(77)79)81(52-28-10-2-11-29-52,53-30-12-3-13-31-53)54-32-14-4-15-33-54)50-69(76-70)80-65-47-45-59(49-67(65)78-63-43-25-23-41-61(63)74-72(78)80)82(55-34-16-5-17-35-55,56-36-18-6-19-37-56)57-38-20-7-21-39-57/h1-50H. The number of para-hydroxylation sites is 4. The fourth-order valence-corrected chi connectivity index (χ4v) is 22.7. The molecule has 82 heavy (non-hydrogen) atoms. The molecule has 10 heteroatoms. The van der Waals surface area contributed by atoms with Crippen molar-refractivity contribution in [3.63, 3.8) is 0 Å². The first-order valence-electron chi connectivity index (χ1n) is 27.8. The lowest BCUT2D eigenvalue weighted by Crippen LogP contribution is -2.74. The lowest BCUT2D eigenvalue weighted by molar-refractivity contribution is 0.970. The number of nitrogens with zero attached hydrogens (tertiary/aromatic N) is 8. The maximum absolute atomic E-state index is 5.56. The average molecular weight is 1080 g/mol. The minimum atomic E-state index is -2.94. The molecule has 0 atom stereocenters. The van der Waals surface area contributed by atoms with Gasteiger partial charge in [0.2, 0.25) is 11.6 Å². The zero-order valence-electron chi connectivity index (χ0n) is 44.4. The first kappa shape index (κ1) is 47.5. The van der Waals surface area contributed by atoms with Gasteiger partial charge in [-0.05, 0) is 90.0 Å². The van der Waals surface area contributed by atoms with E-state index in [0.717, 1.165) is 61.3 Å². The van der Waals surface area contributed by atoms with Gasteiger partial charge in [-0.15, -0.1) is 0 Å². The summed E-state index contributed by atoms with van der Waals surface area (Å²) in [4.78, 5) is 22.1. The van der Waals surface area contributed by atoms with Crippen LogP contribution in [-0.4, -0.2) is 54.0 Å². The quantitative estimate of drug-likeness (QED) is 0.0956. The van der Waals surface area contributed by atoms with Crippen LogP contribution in [0.15, 0.2) is 303 Å². The van der Waals surface area contributed by atoms with E-state index in [1.165, 1.54) is 41.5 Å². The molecule has 0 fully saturated rings. The van der Waals surface area contributed by atoms with Gasteiger partial charge < -0.3 is 0 Å². The number of benzene rings is 11. The summed E-state index contributed by atoms with van der Waals surface area (Å²) < 4.78 is 9.12. The van der Waals surface area contributed by atoms with Crippen molar-refractivity contribution in [3.05, 3.63) is 303 Å². The number of hydrogen-bond acceptors (Lipinski definition) is 4. The molecule has 0 aliphatic rings. The van der Waals surface area contributed by atoms with Gasteiger partial charge in [-0.2, -0.15) is 0 Å². The van der Waals surface area contributed by atoms with Crippen molar-refractivity contribution < 1.29 is 0 Å². The molecular weight excluding hydrogens is 1030 g/mol. The first-order chi connectivity index (χ1) is 40.7. The molecule has 0 amide bonds. The van der Waals surface area contributed by atoms with E-state index >= 15 is 0 Å². The van der Waals surface area contributed by atoms with Gasteiger partial charge in [0.1, 0.15) is 11.6 Å². The molecule has 8 nitrogen and oxygen atoms in total. The van der Waals surface area contributed by atoms with Crippen LogP contribution in [0.3, 0.4) is 0 Å². The molecule has 16 rings (SSSR count). The predicted molar refractivity (Wildman–Crippen MR) is 341 cm³/mol. The molecule has 0 bridgehead atoms. The Kier molecular flexibility index (Phi) is 11.1. The van der Waals surface area contributed by atoms with E-state index < -0.39 is 16.1 Å². The zero-order chi connectivity index (χ0) is 54.2. The summed E-state index contributed by atoms with van der Waals surface area (Å²) in [6, 6.07) is 110. The molecular formula is C72H50N8Si2. The van der Waals surface area contributed by atoms with Crippen LogP contribution in [0, 0.1) is 0 Å². The first-order valence-corrected chi connectivity index (χ1v) is 31.8. The summed E-state index contributed by atoms with van der Waals surface area (Å²) in [6.45, 7) is 0. The average Bonchev–Trinajstić information content (AvgIpc) is 3.79. The Morgan fingerprint density at radius 2 is 0.537 bits per heavy atom. The van der Waals surface area contributed by atoms with Gasteiger partial charge in [0.05, 0.1) is 44.1 Å². The van der Waals surface area contributed by atoms with E-state index in [9.17, 15) is 0 Å². The third-order valence-corrected chi connectivity index (χ3v) is 26.2. The number of aromatic nitrogens is 8. The van der Waals surface area contributed by atoms with E-state index in [0.29, 0.717) is 17.5 Å². The smallest absolute Gasteiger partial charge is 0.221 e. The Balaban J connectivity index is 0.986. The molecule has 5 aromatic heterocycles. The van der Waals surface area contributed by atoms with E-state index in [1.807, 2.05) is 18.2 Å². The van der Waals surface area contributed by atoms with Crippen LogP contribution >= 0.6 is 0 Å². The topological polar surface area (TPSA) is 70.2 Å². The summed E-state index contributed by atoms with van der Waals surface area (Å²) in [7, 11) is -5.88. The SMILES string of the molecule is c1ccc(-c2nc(-n3c4ccc([Si](c5ccccc5)(c5ccccc5)c5ccccc5)cc4n4c5ccccc5nc34)cc(-n3c4ccc([Si](c5ccccc5)(c5ccccc5)c5ccccc5)cc4n4c5ccccc5nc34)n2)cc1. The van der Waals surface area contributed by atoms with Gasteiger partial charge in [0.15, 0.2) is 22.0 Å². The van der Waals surface area contributed by atoms with Crippen molar-refractivity contribution in [1.29, 1.82) is 0 Å². The highest BCUT2D eigenvalue weighted by atomic mass is 28.3. The van der Waals surface area contributed by atoms with Crippen LogP contribution < -0.4 is 41.5 Å². The van der Waals surface area contributed by atoms with Gasteiger partial charge >= 0.3 is 0 Å². The van der Waals surface area contributed by atoms with Crippen molar-refractivity contribution in [3.8, 4) is 23.0 Å². The van der Waals surface area contributed by atoms with Crippen molar-refractivity contribution in [2.45, 2.75) is 0 Å². The van der Waals surface area contributed by atoms with Crippen LogP contribution in [0.5, 0.6) is 0 Å². The minimum absolute atomic E-state index is 0.584. The molecule has 0 radical (unpaired) electrons. The Hall–Kier alpha value is -10.5. The highest BCUT2D eigenvalue weighted by molar-refractivity contribution is 7.20. The van der Waals surface area contributed by atoms with Crippen molar-refractivity contribution in [2.75, 3.05) is 0 Å². The Morgan fingerprint density at radius 3 is 0.878 bits per heavy atom. The van der Waals surface area contributed by atoms with Crippen LogP contribution in [0.4, 0.5) is 0 Å². The van der Waals surface area contributed by atoms with Gasteiger partial charge in [-0.1, -0.05) is 249 Å². The summed E-state index contributed by atoms with van der Waals surface area (Å²) in [5.41, 5.74) is 8.73. The summed E-state index contributed by atoms with van der Waals surface area (Å²) in [5, 5.41) is 10.4. The molecule has 0 unspecified atom stereocenters. The lowest BCUT2D eigenvalue weighted by atomic mass is 10.2.